The minimum Gasteiger partial charge on any atom is -0.357 e. The van der Waals surface area contributed by atoms with Crippen molar-refractivity contribution >= 4 is 17.8 Å². The number of carbonyl (C=O) groups excluding carboxylic acids is 1. The second-order valence-electron chi connectivity index (χ2n) is 9.48. The minimum absolute atomic E-state index is 0.132. The molecule has 1 aromatic heterocycles. The average molecular weight is 458 g/mol. The summed E-state index contributed by atoms with van der Waals surface area (Å²) >= 11 is 0. The molecule has 34 heavy (non-hydrogen) atoms. The van der Waals surface area contributed by atoms with Crippen LogP contribution in [0, 0.1) is 5.82 Å². The van der Waals surface area contributed by atoms with Gasteiger partial charge in [0.05, 0.1) is 0 Å². The van der Waals surface area contributed by atoms with Crippen LogP contribution in [0.4, 0.5) is 14.9 Å². The van der Waals surface area contributed by atoms with Crippen LogP contribution in [0.5, 0.6) is 0 Å². The lowest BCUT2D eigenvalue weighted by atomic mass is 9.81. The first-order chi connectivity index (χ1) is 16.5. The molecule has 1 saturated heterocycles. The second kappa shape index (κ2) is 7.84. The number of urea groups is 1. The Morgan fingerprint density at radius 1 is 1.15 bits per heavy atom. The highest BCUT2D eigenvalue weighted by atomic mass is 19.1. The smallest absolute Gasteiger partial charge is 0.319 e. The van der Waals surface area contributed by atoms with Crippen molar-refractivity contribution in [2.75, 3.05) is 11.9 Å². The number of hydrogen-bond acceptors (Lipinski definition) is 2. The van der Waals surface area contributed by atoms with Gasteiger partial charge < -0.3 is 19.9 Å². The highest BCUT2D eigenvalue weighted by molar-refractivity contribution is 5.90. The molecule has 2 aliphatic carbocycles. The van der Waals surface area contributed by atoms with Gasteiger partial charge in [-0.25, -0.2) is 9.18 Å². The van der Waals surface area contributed by atoms with Crippen LogP contribution in [-0.2, 0) is 17.6 Å². The number of hydrogen-bond donors (Lipinski definition) is 2. The Bertz CT molecular complexity index is 1300. The second-order valence-corrected chi connectivity index (χ2v) is 9.48. The molecule has 1 spiro atoms. The molecule has 1 unspecified atom stereocenters. The normalized spacial score (nSPS) is 24.0. The molecule has 2 atom stereocenters. The number of epoxide rings is 1. The third-order valence-corrected chi connectivity index (χ3v) is 7.65. The number of rotatable bonds is 6. The first-order valence-electron chi connectivity index (χ1n) is 12.0. The molecule has 2 amide bonds. The van der Waals surface area contributed by atoms with Gasteiger partial charge in [0.2, 0.25) is 0 Å². The number of benzene rings is 2. The molecule has 6 heteroatoms. The van der Waals surface area contributed by atoms with Gasteiger partial charge in [0.1, 0.15) is 17.0 Å². The van der Waals surface area contributed by atoms with Crippen molar-refractivity contribution in [1.29, 1.82) is 0 Å². The third-order valence-electron chi connectivity index (χ3n) is 7.65. The Kier molecular flexibility index (Phi) is 4.88. The topological polar surface area (TPSA) is 58.6 Å². The Morgan fingerprint density at radius 2 is 1.97 bits per heavy atom. The molecular formula is C28H28FN3O2. The molecule has 1 aliphatic heterocycles. The van der Waals surface area contributed by atoms with E-state index < -0.39 is 0 Å². The van der Waals surface area contributed by atoms with Gasteiger partial charge in [0, 0.05) is 36.2 Å². The lowest BCUT2D eigenvalue weighted by Gasteiger charge is -2.21. The number of para-hydroxylation sites is 1. The number of ether oxygens (including phenoxy) is 1. The zero-order valence-corrected chi connectivity index (χ0v) is 19.2. The molecule has 2 fully saturated rings. The van der Waals surface area contributed by atoms with Crippen LogP contribution in [-0.4, -0.2) is 28.3 Å². The monoisotopic (exact) mass is 457 g/mol. The molecule has 174 valence electrons. The summed E-state index contributed by atoms with van der Waals surface area (Å²) in [6, 6.07) is 16.6. The van der Waals surface area contributed by atoms with Gasteiger partial charge in [-0.05, 0) is 91.8 Å². The van der Waals surface area contributed by atoms with Gasteiger partial charge in [0.15, 0.2) is 0 Å². The largest absolute Gasteiger partial charge is 0.357 e. The summed E-state index contributed by atoms with van der Waals surface area (Å²) in [5.41, 5.74) is 6.44. The van der Waals surface area contributed by atoms with Crippen LogP contribution in [0.3, 0.4) is 0 Å². The number of carbonyl (C=O) groups is 1. The molecule has 2 N–H and O–H groups in total. The van der Waals surface area contributed by atoms with Crippen molar-refractivity contribution in [3.63, 3.8) is 0 Å². The highest BCUT2D eigenvalue weighted by Crippen LogP contribution is 2.67. The SMILES string of the molecule is CCNC(=O)Nc1ccccc1CC[C@]12CCC3=Cc4c(ccn4-c4ccc(F)cc4)CC31O2. The first kappa shape index (κ1) is 21.2. The summed E-state index contributed by atoms with van der Waals surface area (Å²) < 4.78 is 22.1. The number of fused-ring (bicyclic) bond motifs is 1. The van der Waals surface area contributed by atoms with Gasteiger partial charge in [0.25, 0.3) is 0 Å². The summed E-state index contributed by atoms with van der Waals surface area (Å²) in [6.07, 6.45) is 9.06. The van der Waals surface area contributed by atoms with E-state index in [4.69, 9.17) is 4.74 Å². The number of nitrogens with one attached hydrogen (secondary N) is 2. The van der Waals surface area contributed by atoms with Crippen LogP contribution >= 0.6 is 0 Å². The maximum atomic E-state index is 13.4. The number of amides is 2. The molecule has 3 aromatic rings. The van der Waals surface area contributed by atoms with E-state index in [0.29, 0.717) is 6.54 Å². The zero-order valence-electron chi connectivity index (χ0n) is 19.2. The molecule has 2 aromatic carbocycles. The number of halogens is 1. The van der Waals surface area contributed by atoms with Crippen molar-refractivity contribution in [2.45, 2.75) is 50.2 Å². The molecule has 2 heterocycles. The van der Waals surface area contributed by atoms with Crippen LogP contribution in [0.1, 0.15) is 43.0 Å². The Balaban J connectivity index is 1.21. The van der Waals surface area contributed by atoms with E-state index in [9.17, 15) is 9.18 Å². The Morgan fingerprint density at radius 3 is 2.79 bits per heavy atom. The molecule has 0 radical (unpaired) electrons. The van der Waals surface area contributed by atoms with Gasteiger partial charge in [-0.2, -0.15) is 0 Å². The van der Waals surface area contributed by atoms with Crippen molar-refractivity contribution in [3.8, 4) is 5.69 Å². The third kappa shape index (κ3) is 3.28. The van der Waals surface area contributed by atoms with E-state index >= 15 is 0 Å². The Hall–Kier alpha value is -3.38. The summed E-state index contributed by atoms with van der Waals surface area (Å²) in [5.74, 6) is -0.225. The predicted octanol–water partition coefficient (Wildman–Crippen LogP) is 5.63. The van der Waals surface area contributed by atoms with Crippen LogP contribution in [0.2, 0.25) is 0 Å². The summed E-state index contributed by atoms with van der Waals surface area (Å²) in [5, 5.41) is 5.77. The minimum atomic E-state index is -0.225. The van der Waals surface area contributed by atoms with Gasteiger partial charge >= 0.3 is 6.03 Å². The zero-order chi connectivity index (χ0) is 23.3. The molecule has 1 saturated carbocycles. The van der Waals surface area contributed by atoms with Gasteiger partial charge in [-0.15, -0.1) is 0 Å². The summed E-state index contributed by atoms with van der Waals surface area (Å²) in [6.45, 7) is 2.50. The van der Waals surface area contributed by atoms with E-state index in [1.807, 2.05) is 37.3 Å². The summed E-state index contributed by atoms with van der Waals surface area (Å²) in [4.78, 5) is 12.0. The number of anilines is 1. The molecule has 6 rings (SSSR count). The maximum Gasteiger partial charge on any atom is 0.319 e. The van der Waals surface area contributed by atoms with E-state index in [-0.39, 0.29) is 23.1 Å². The van der Waals surface area contributed by atoms with Crippen LogP contribution in [0.15, 0.2) is 66.4 Å². The standard InChI is InChI=1S/C28H28FN3O2/c1-2-30-26(33)31-24-6-4-3-5-19(24)11-14-27-15-12-21-17-25-20(18-28(21,27)34-27)13-16-32(25)23-9-7-22(29)8-10-23/h3-10,13,16-17H,2,11-12,14-15,18H2,1H3,(H2,30,31,33)/t27-,28?/m0/s1. The lowest BCUT2D eigenvalue weighted by molar-refractivity contribution is 0.235. The van der Waals surface area contributed by atoms with E-state index in [1.165, 1.54) is 29.0 Å². The first-order valence-corrected chi connectivity index (χ1v) is 12.0. The maximum absolute atomic E-state index is 13.4. The van der Waals surface area contributed by atoms with Gasteiger partial charge in [-0.1, -0.05) is 18.2 Å². The van der Waals surface area contributed by atoms with E-state index in [1.54, 1.807) is 0 Å². The lowest BCUT2D eigenvalue weighted by Crippen LogP contribution is -2.29. The summed E-state index contributed by atoms with van der Waals surface area (Å²) in [7, 11) is 0. The predicted molar refractivity (Wildman–Crippen MR) is 131 cm³/mol. The fourth-order valence-corrected chi connectivity index (χ4v) is 5.92. The fraction of sp³-hybridized carbons (Fsp3) is 0.321. The molecule has 5 nitrogen and oxygen atoms in total. The molecule has 0 bridgehead atoms. The van der Waals surface area contributed by atoms with Crippen molar-refractivity contribution in [2.24, 2.45) is 0 Å². The number of aryl methyl sites for hydroxylation is 1. The Labute approximate surface area is 198 Å². The van der Waals surface area contributed by atoms with E-state index in [2.05, 4.69) is 39.6 Å². The quantitative estimate of drug-likeness (QED) is 0.471. The van der Waals surface area contributed by atoms with E-state index in [0.717, 1.165) is 49.0 Å². The number of aromatic nitrogens is 1. The average Bonchev–Trinajstić information content (AvgIpc) is 3.10. The van der Waals surface area contributed by atoms with Crippen molar-refractivity contribution in [1.82, 2.24) is 9.88 Å². The van der Waals surface area contributed by atoms with Crippen molar-refractivity contribution in [3.05, 3.63) is 89.0 Å². The van der Waals surface area contributed by atoms with Crippen LogP contribution in [0.25, 0.3) is 11.8 Å². The van der Waals surface area contributed by atoms with Crippen LogP contribution < -0.4 is 10.6 Å². The fourth-order valence-electron chi connectivity index (χ4n) is 5.92. The molecule has 3 aliphatic rings. The highest BCUT2D eigenvalue weighted by Gasteiger charge is 2.74. The molecular weight excluding hydrogens is 429 g/mol. The van der Waals surface area contributed by atoms with Crippen molar-refractivity contribution < 1.29 is 13.9 Å². The van der Waals surface area contributed by atoms with Gasteiger partial charge in [-0.3, -0.25) is 0 Å². The number of nitrogens with zero attached hydrogens (tertiary/aromatic N) is 1.